The number of rotatable bonds is 3. The second-order valence-electron chi connectivity index (χ2n) is 5.82. The zero-order valence-corrected chi connectivity index (χ0v) is 13.3. The van der Waals surface area contributed by atoms with E-state index in [4.69, 9.17) is 0 Å². The van der Waals surface area contributed by atoms with Gasteiger partial charge in [0, 0.05) is 24.4 Å². The van der Waals surface area contributed by atoms with Crippen molar-refractivity contribution in [2.75, 3.05) is 13.1 Å². The molecule has 2 unspecified atom stereocenters. The Labute approximate surface area is 129 Å². The van der Waals surface area contributed by atoms with E-state index in [2.05, 4.69) is 18.4 Å². The standard InChI is InChI=1S/C16H22N2O2S/c1-2-12(14-7-5-11-21-14)18-10-8-15(19)17-9-4-3-6-13(17)16(18)20/h5,7,11-13H,2-4,6,8-10H2,1H3. The first-order valence-corrected chi connectivity index (χ1v) is 8.73. The molecule has 2 atom stereocenters. The second-order valence-corrected chi connectivity index (χ2v) is 6.80. The Morgan fingerprint density at radius 1 is 1.33 bits per heavy atom. The molecule has 2 saturated heterocycles. The van der Waals surface area contributed by atoms with Crippen molar-refractivity contribution in [1.29, 1.82) is 0 Å². The Morgan fingerprint density at radius 2 is 2.19 bits per heavy atom. The number of carbonyl (C=O) groups is 2. The minimum atomic E-state index is -0.220. The Hall–Kier alpha value is -1.36. The van der Waals surface area contributed by atoms with E-state index in [-0.39, 0.29) is 23.9 Å². The molecule has 0 bridgehead atoms. The largest absolute Gasteiger partial charge is 0.333 e. The van der Waals surface area contributed by atoms with Crippen LogP contribution in [0, 0.1) is 0 Å². The molecule has 2 aliphatic heterocycles. The van der Waals surface area contributed by atoms with E-state index in [1.165, 1.54) is 4.88 Å². The second kappa shape index (κ2) is 6.18. The van der Waals surface area contributed by atoms with Gasteiger partial charge in [0.1, 0.15) is 6.04 Å². The average Bonchev–Trinajstić information content (AvgIpc) is 3.00. The van der Waals surface area contributed by atoms with Crippen molar-refractivity contribution in [2.24, 2.45) is 0 Å². The third-order valence-corrected chi connectivity index (χ3v) is 5.57. The molecule has 0 saturated carbocycles. The number of piperidine rings is 1. The lowest BCUT2D eigenvalue weighted by atomic mass is 10.0. The minimum Gasteiger partial charge on any atom is -0.333 e. The highest BCUT2D eigenvalue weighted by Gasteiger charge is 2.39. The zero-order valence-electron chi connectivity index (χ0n) is 12.5. The Balaban J connectivity index is 1.88. The van der Waals surface area contributed by atoms with Gasteiger partial charge in [-0.05, 0) is 37.1 Å². The molecule has 3 heterocycles. The van der Waals surface area contributed by atoms with E-state index < -0.39 is 0 Å². The highest BCUT2D eigenvalue weighted by atomic mass is 32.1. The molecule has 2 fully saturated rings. The van der Waals surface area contributed by atoms with E-state index in [0.29, 0.717) is 13.0 Å². The van der Waals surface area contributed by atoms with Gasteiger partial charge in [-0.15, -0.1) is 11.3 Å². The fraction of sp³-hybridized carbons (Fsp3) is 0.625. The number of nitrogens with zero attached hydrogens (tertiary/aromatic N) is 2. The number of fused-ring (bicyclic) bond motifs is 1. The third-order valence-electron chi connectivity index (χ3n) is 4.59. The average molecular weight is 306 g/mol. The maximum atomic E-state index is 13.0. The van der Waals surface area contributed by atoms with Crippen LogP contribution in [0.1, 0.15) is 49.9 Å². The van der Waals surface area contributed by atoms with Crippen LogP contribution in [0.5, 0.6) is 0 Å². The zero-order chi connectivity index (χ0) is 14.8. The maximum absolute atomic E-state index is 13.0. The molecule has 4 nitrogen and oxygen atoms in total. The van der Waals surface area contributed by atoms with Gasteiger partial charge in [-0.1, -0.05) is 13.0 Å². The highest BCUT2D eigenvalue weighted by Crippen LogP contribution is 2.32. The topological polar surface area (TPSA) is 40.6 Å². The predicted molar refractivity (Wildman–Crippen MR) is 83.0 cm³/mol. The van der Waals surface area contributed by atoms with Crippen LogP contribution in [0.25, 0.3) is 0 Å². The quantitative estimate of drug-likeness (QED) is 0.861. The third kappa shape index (κ3) is 2.71. The molecule has 0 radical (unpaired) electrons. The number of carbonyl (C=O) groups excluding carboxylic acids is 2. The number of amides is 2. The summed E-state index contributed by atoms with van der Waals surface area (Å²) < 4.78 is 0. The monoisotopic (exact) mass is 306 g/mol. The van der Waals surface area contributed by atoms with Crippen LogP contribution in [0.2, 0.25) is 0 Å². The van der Waals surface area contributed by atoms with Crippen LogP contribution in [-0.4, -0.2) is 40.7 Å². The molecule has 21 heavy (non-hydrogen) atoms. The smallest absolute Gasteiger partial charge is 0.245 e. The van der Waals surface area contributed by atoms with E-state index in [9.17, 15) is 9.59 Å². The summed E-state index contributed by atoms with van der Waals surface area (Å²) in [4.78, 5) is 30.3. The minimum absolute atomic E-state index is 0.118. The van der Waals surface area contributed by atoms with Gasteiger partial charge in [0.05, 0.1) is 6.04 Å². The molecule has 0 spiro atoms. The van der Waals surface area contributed by atoms with Gasteiger partial charge in [0.15, 0.2) is 0 Å². The first-order valence-electron chi connectivity index (χ1n) is 7.85. The summed E-state index contributed by atoms with van der Waals surface area (Å²) in [5.74, 6) is 0.303. The number of thiophene rings is 1. The lowest BCUT2D eigenvalue weighted by molar-refractivity contribution is -0.144. The van der Waals surface area contributed by atoms with Gasteiger partial charge in [0.25, 0.3) is 0 Å². The first-order chi connectivity index (χ1) is 10.2. The van der Waals surface area contributed by atoms with Crippen molar-refractivity contribution in [3.8, 4) is 0 Å². The fourth-order valence-corrected chi connectivity index (χ4v) is 4.44. The van der Waals surface area contributed by atoms with Crippen LogP contribution in [0.3, 0.4) is 0 Å². The van der Waals surface area contributed by atoms with Gasteiger partial charge in [-0.2, -0.15) is 0 Å². The van der Waals surface area contributed by atoms with E-state index in [0.717, 1.165) is 32.2 Å². The van der Waals surface area contributed by atoms with Crippen LogP contribution in [0.4, 0.5) is 0 Å². The molecule has 2 amide bonds. The summed E-state index contributed by atoms with van der Waals surface area (Å²) in [5, 5.41) is 2.05. The highest BCUT2D eigenvalue weighted by molar-refractivity contribution is 7.10. The summed E-state index contributed by atoms with van der Waals surface area (Å²) in [5.41, 5.74) is 0. The lowest BCUT2D eigenvalue weighted by Gasteiger charge is -2.36. The molecule has 2 aliphatic rings. The Kier molecular flexibility index (Phi) is 4.29. The molecule has 5 heteroatoms. The lowest BCUT2D eigenvalue weighted by Crippen LogP contribution is -2.50. The van der Waals surface area contributed by atoms with E-state index in [1.54, 1.807) is 11.3 Å². The van der Waals surface area contributed by atoms with Crippen molar-refractivity contribution >= 4 is 23.2 Å². The van der Waals surface area contributed by atoms with E-state index >= 15 is 0 Å². The van der Waals surface area contributed by atoms with Gasteiger partial charge in [0.2, 0.25) is 11.8 Å². The predicted octanol–water partition coefficient (Wildman–Crippen LogP) is 2.81. The van der Waals surface area contributed by atoms with Crippen LogP contribution in [-0.2, 0) is 9.59 Å². The van der Waals surface area contributed by atoms with Gasteiger partial charge >= 0.3 is 0 Å². The van der Waals surface area contributed by atoms with Gasteiger partial charge in [-0.25, -0.2) is 0 Å². The molecule has 0 aliphatic carbocycles. The van der Waals surface area contributed by atoms with Crippen molar-refractivity contribution < 1.29 is 9.59 Å². The summed E-state index contributed by atoms with van der Waals surface area (Å²) in [7, 11) is 0. The number of hydrogen-bond acceptors (Lipinski definition) is 3. The summed E-state index contributed by atoms with van der Waals surface area (Å²) in [6.45, 7) is 3.42. The summed E-state index contributed by atoms with van der Waals surface area (Å²) in [6.07, 6.45) is 4.25. The summed E-state index contributed by atoms with van der Waals surface area (Å²) >= 11 is 1.70. The Morgan fingerprint density at radius 3 is 2.90 bits per heavy atom. The van der Waals surface area contributed by atoms with Gasteiger partial charge in [-0.3, -0.25) is 9.59 Å². The van der Waals surface area contributed by atoms with Crippen LogP contribution in [0.15, 0.2) is 17.5 Å². The maximum Gasteiger partial charge on any atom is 0.245 e. The SMILES string of the molecule is CCC(c1cccs1)N1CCC(=O)N2CCCCC2C1=O. The normalized spacial score (nSPS) is 24.7. The van der Waals surface area contributed by atoms with Gasteiger partial charge < -0.3 is 9.80 Å². The molecule has 114 valence electrons. The van der Waals surface area contributed by atoms with Crippen molar-refractivity contribution in [1.82, 2.24) is 9.80 Å². The number of hydrogen-bond donors (Lipinski definition) is 0. The molecule has 0 aromatic carbocycles. The molecular formula is C16H22N2O2S. The molecule has 0 N–H and O–H groups in total. The van der Waals surface area contributed by atoms with Crippen molar-refractivity contribution in [3.63, 3.8) is 0 Å². The molecule has 1 aromatic rings. The molecule has 1 aromatic heterocycles. The molecule has 3 rings (SSSR count). The fourth-order valence-electron chi connectivity index (χ4n) is 3.51. The van der Waals surface area contributed by atoms with Crippen molar-refractivity contribution in [3.05, 3.63) is 22.4 Å². The van der Waals surface area contributed by atoms with Crippen molar-refractivity contribution in [2.45, 2.75) is 51.1 Å². The van der Waals surface area contributed by atoms with Crippen LogP contribution >= 0.6 is 11.3 Å². The van der Waals surface area contributed by atoms with E-state index in [1.807, 2.05) is 15.9 Å². The first kappa shape index (κ1) is 14.6. The molecular weight excluding hydrogens is 284 g/mol. The van der Waals surface area contributed by atoms with Crippen LogP contribution < -0.4 is 0 Å². The summed E-state index contributed by atoms with van der Waals surface area (Å²) in [6, 6.07) is 4.02. The Bertz CT molecular complexity index is 514.